The van der Waals surface area contributed by atoms with Gasteiger partial charge in [0.15, 0.2) is 0 Å². The summed E-state index contributed by atoms with van der Waals surface area (Å²) < 4.78 is 27.8. The number of carboxylic acids is 1. The third kappa shape index (κ3) is 9.19. The summed E-state index contributed by atoms with van der Waals surface area (Å²) in [5, 5.41) is 23.0. The van der Waals surface area contributed by atoms with Crippen LogP contribution in [0.15, 0.2) is 82.6 Å². The summed E-state index contributed by atoms with van der Waals surface area (Å²) in [5.74, 6) is -0.863. The van der Waals surface area contributed by atoms with Crippen molar-refractivity contribution < 1.29 is 23.4 Å². The first kappa shape index (κ1) is 30.8. The van der Waals surface area contributed by atoms with E-state index in [0.29, 0.717) is 6.42 Å². The smallest absolute Gasteiger partial charge is 0.303 e. The third-order valence-corrected chi connectivity index (χ3v) is 9.08. The number of aliphatic hydroxyl groups excluding tert-OH is 1. The Labute approximate surface area is 236 Å². The zero-order chi connectivity index (χ0) is 28.6. The van der Waals surface area contributed by atoms with Crippen LogP contribution in [0.25, 0.3) is 11.1 Å². The number of aliphatic hydroxyl groups is 1. The molecule has 0 heterocycles. The van der Waals surface area contributed by atoms with Crippen molar-refractivity contribution in [3.8, 4) is 11.1 Å². The zero-order valence-corrected chi connectivity index (χ0v) is 24.6. The standard InChI is InChI=1S/C30H38N2O5S2/c1-30(2,19-23-11-14-27(38-4)15-12-23)31-20-26(33)21-32(3)39(36,37)28-10-6-9-25(18-28)24-8-5-7-22(17-24)13-16-29(34)35/h5-12,14-15,17-18,26,31,33H,13,16,19-21H2,1-4H3,(H,34,35)/t26-/m0/s1. The van der Waals surface area contributed by atoms with Crippen LogP contribution in [-0.4, -0.2) is 66.9 Å². The number of sulfonamides is 1. The van der Waals surface area contributed by atoms with E-state index in [-0.39, 0.29) is 29.9 Å². The monoisotopic (exact) mass is 570 g/mol. The molecule has 3 N–H and O–H groups in total. The van der Waals surface area contributed by atoms with Gasteiger partial charge in [0.1, 0.15) is 0 Å². The maximum Gasteiger partial charge on any atom is 0.303 e. The van der Waals surface area contributed by atoms with Crippen molar-refractivity contribution in [3.05, 3.63) is 83.9 Å². The molecule has 0 amide bonds. The molecule has 0 saturated carbocycles. The molecular formula is C30H38N2O5S2. The average Bonchev–Trinajstić information content (AvgIpc) is 2.91. The second-order valence-electron chi connectivity index (χ2n) is 10.4. The highest BCUT2D eigenvalue weighted by Gasteiger charge is 2.25. The van der Waals surface area contributed by atoms with Gasteiger partial charge < -0.3 is 15.5 Å². The van der Waals surface area contributed by atoms with Crippen LogP contribution in [0.1, 0.15) is 31.4 Å². The number of aliphatic carboxylic acids is 1. The minimum Gasteiger partial charge on any atom is -0.481 e. The van der Waals surface area contributed by atoms with Gasteiger partial charge in [-0.15, -0.1) is 11.8 Å². The number of rotatable bonds is 14. The van der Waals surface area contributed by atoms with Crippen molar-refractivity contribution >= 4 is 27.8 Å². The molecule has 9 heteroatoms. The molecule has 3 aromatic rings. The lowest BCUT2D eigenvalue weighted by Gasteiger charge is -2.29. The Kier molecular flexibility index (Phi) is 10.7. The molecule has 0 aliphatic rings. The first-order chi connectivity index (χ1) is 18.4. The summed E-state index contributed by atoms with van der Waals surface area (Å²) >= 11 is 1.70. The highest BCUT2D eigenvalue weighted by Crippen LogP contribution is 2.25. The largest absolute Gasteiger partial charge is 0.481 e. The van der Waals surface area contributed by atoms with Crippen LogP contribution in [0.4, 0.5) is 0 Å². The van der Waals surface area contributed by atoms with Crippen LogP contribution in [-0.2, 0) is 27.7 Å². The van der Waals surface area contributed by atoms with Gasteiger partial charge in [-0.2, -0.15) is 4.31 Å². The van der Waals surface area contributed by atoms with E-state index in [4.69, 9.17) is 5.11 Å². The molecule has 1 atom stereocenters. The second kappa shape index (κ2) is 13.6. The van der Waals surface area contributed by atoms with Crippen molar-refractivity contribution in [2.45, 2.75) is 54.5 Å². The van der Waals surface area contributed by atoms with E-state index in [9.17, 15) is 18.3 Å². The number of thioether (sulfide) groups is 1. The minimum absolute atomic E-state index is 0.0301. The van der Waals surface area contributed by atoms with Gasteiger partial charge in [0.05, 0.1) is 11.0 Å². The molecule has 210 valence electrons. The molecule has 7 nitrogen and oxygen atoms in total. The Bertz CT molecular complexity index is 1360. The molecule has 0 aliphatic heterocycles. The molecule has 0 saturated heterocycles. The zero-order valence-electron chi connectivity index (χ0n) is 22.9. The van der Waals surface area contributed by atoms with Gasteiger partial charge in [-0.3, -0.25) is 4.79 Å². The number of nitrogens with one attached hydrogen (secondary N) is 1. The summed E-state index contributed by atoms with van der Waals surface area (Å²) in [7, 11) is -2.37. The van der Waals surface area contributed by atoms with Gasteiger partial charge in [0.2, 0.25) is 10.0 Å². The van der Waals surface area contributed by atoms with E-state index >= 15 is 0 Å². The predicted octanol–water partition coefficient (Wildman–Crippen LogP) is 4.69. The lowest BCUT2D eigenvalue weighted by atomic mass is 9.95. The van der Waals surface area contributed by atoms with E-state index in [1.165, 1.54) is 21.8 Å². The van der Waals surface area contributed by atoms with Crippen molar-refractivity contribution in [2.24, 2.45) is 0 Å². The number of carbonyl (C=O) groups is 1. The molecule has 3 rings (SSSR count). The highest BCUT2D eigenvalue weighted by atomic mass is 32.2. The van der Waals surface area contributed by atoms with Gasteiger partial charge in [0, 0.05) is 37.0 Å². The summed E-state index contributed by atoms with van der Waals surface area (Å²) in [6.45, 7) is 4.32. The van der Waals surface area contributed by atoms with Crippen molar-refractivity contribution in [3.63, 3.8) is 0 Å². The average molecular weight is 571 g/mol. The Morgan fingerprint density at radius 2 is 1.64 bits per heavy atom. The first-order valence-electron chi connectivity index (χ1n) is 12.8. The molecule has 39 heavy (non-hydrogen) atoms. The van der Waals surface area contributed by atoms with E-state index < -0.39 is 22.1 Å². The number of carboxylic acid groups (broad SMARTS) is 1. The van der Waals surface area contributed by atoms with Crippen LogP contribution in [0.5, 0.6) is 0 Å². The predicted molar refractivity (Wildman–Crippen MR) is 158 cm³/mol. The summed E-state index contributed by atoms with van der Waals surface area (Å²) in [4.78, 5) is 12.3. The maximum atomic E-state index is 13.3. The number of nitrogens with zero attached hydrogens (tertiary/aromatic N) is 1. The Balaban J connectivity index is 1.62. The van der Waals surface area contributed by atoms with Gasteiger partial charge in [-0.1, -0.05) is 48.5 Å². The fourth-order valence-corrected chi connectivity index (χ4v) is 6.01. The molecular weight excluding hydrogens is 532 g/mol. The Morgan fingerprint density at radius 3 is 2.28 bits per heavy atom. The maximum absolute atomic E-state index is 13.3. The van der Waals surface area contributed by atoms with E-state index in [2.05, 4.69) is 43.4 Å². The number of β-amino-alcohol motifs (C(OH)–C–C–N with tert-alkyl or cyclic N) is 1. The second-order valence-corrected chi connectivity index (χ2v) is 13.3. The van der Waals surface area contributed by atoms with Crippen LogP contribution in [0.3, 0.4) is 0 Å². The van der Waals surface area contributed by atoms with Crippen LogP contribution < -0.4 is 5.32 Å². The number of aryl methyl sites for hydroxylation is 1. The fourth-order valence-electron chi connectivity index (χ4n) is 4.34. The van der Waals surface area contributed by atoms with E-state index in [1.54, 1.807) is 30.0 Å². The fraction of sp³-hybridized carbons (Fsp3) is 0.367. The van der Waals surface area contributed by atoms with E-state index in [0.717, 1.165) is 23.1 Å². The SMILES string of the molecule is CSc1ccc(CC(C)(C)NC[C@H](O)CN(C)S(=O)(=O)c2cccc(-c3cccc(CCC(=O)O)c3)c2)cc1. The molecule has 0 bridgehead atoms. The Hall–Kier alpha value is -2.69. The van der Waals surface area contributed by atoms with Crippen LogP contribution >= 0.6 is 11.8 Å². The number of hydrogen-bond acceptors (Lipinski definition) is 6. The number of likely N-dealkylation sites (N-methyl/N-ethyl adjacent to an activating group) is 1. The van der Waals surface area contributed by atoms with Gasteiger partial charge >= 0.3 is 5.97 Å². The summed E-state index contributed by atoms with van der Waals surface area (Å²) in [6, 6.07) is 22.5. The third-order valence-electron chi connectivity index (χ3n) is 6.52. The summed E-state index contributed by atoms with van der Waals surface area (Å²) in [6.07, 6.45) is 2.35. The van der Waals surface area contributed by atoms with Crippen molar-refractivity contribution in [1.29, 1.82) is 0 Å². The molecule has 0 aromatic heterocycles. The Morgan fingerprint density at radius 1 is 1.00 bits per heavy atom. The normalized spacial score (nSPS) is 13.0. The number of hydrogen-bond donors (Lipinski definition) is 3. The quantitative estimate of drug-likeness (QED) is 0.242. The van der Waals surface area contributed by atoms with Gasteiger partial charge in [-0.25, -0.2) is 8.42 Å². The van der Waals surface area contributed by atoms with Crippen molar-refractivity contribution in [1.82, 2.24) is 9.62 Å². The van der Waals surface area contributed by atoms with Crippen molar-refractivity contribution in [2.75, 3.05) is 26.4 Å². The van der Waals surface area contributed by atoms with Gasteiger partial charge in [0.25, 0.3) is 0 Å². The highest BCUT2D eigenvalue weighted by molar-refractivity contribution is 7.98. The lowest BCUT2D eigenvalue weighted by molar-refractivity contribution is -0.136. The van der Waals surface area contributed by atoms with Crippen LogP contribution in [0, 0.1) is 0 Å². The number of benzene rings is 3. The molecule has 0 fully saturated rings. The van der Waals surface area contributed by atoms with Gasteiger partial charge in [-0.05, 0) is 79.5 Å². The molecule has 0 aliphatic carbocycles. The summed E-state index contributed by atoms with van der Waals surface area (Å²) in [5.41, 5.74) is 3.30. The topological polar surface area (TPSA) is 107 Å². The van der Waals surface area contributed by atoms with E-state index in [1.807, 2.05) is 36.6 Å². The van der Waals surface area contributed by atoms with Crippen LogP contribution in [0.2, 0.25) is 0 Å². The molecule has 3 aromatic carbocycles. The molecule has 0 unspecified atom stereocenters. The molecule has 0 radical (unpaired) electrons. The minimum atomic E-state index is -3.84. The first-order valence-corrected chi connectivity index (χ1v) is 15.5. The lowest BCUT2D eigenvalue weighted by Crippen LogP contribution is -2.47. The molecule has 0 spiro atoms.